The van der Waals surface area contributed by atoms with Crippen molar-refractivity contribution >= 4 is 12.0 Å². The number of nitrogens with one attached hydrogen (secondary N) is 2. The summed E-state index contributed by atoms with van der Waals surface area (Å²) in [5.41, 5.74) is -0.479. The van der Waals surface area contributed by atoms with E-state index in [4.69, 9.17) is 5.11 Å². The van der Waals surface area contributed by atoms with Crippen molar-refractivity contribution in [3.63, 3.8) is 0 Å². The highest BCUT2D eigenvalue weighted by atomic mass is 16.4. The van der Waals surface area contributed by atoms with E-state index >= 15 is 0 Å². The molecule has 2 amide bonds. The molecule has 0 bridgehead atoms. The SMILES string of the molecule is CC1CCCN1C(=O)NC1(c2ncc(C(=O)O)[nH]2)CCC1. The average Bonchev–Trinajstić information content (AvgIpc) is 3.02. The number of amides is 2. The Bertz CT molecular complexity index is 564. The van der Waals surface area contributed by atoms with Crippen molar-refractivity contribution in [2.75, 3.05) is 6.54 Å². The minimum atomic E-state index is -1.04. The second-order valence-corrected chi connectivity index (χ2v) is 6.00. The minimum absolute atomic E-state index is 0.0556. The zero-order valence-electron chi connectivity index (χ0n) is 12.1. The summed E-state index contributed by atoms with van der Waals surface area (Å²) in [6.45, 7) is 2.83. The van der Waals surface area contributed by atoms with Gasteiger partial charge in [-0.2, -0.15) is 0 Å². The molecule has 1 aliphatic carbocycles. The Balaban J connectivity index is 1.77. The van der Waals surface area contributed by atoms with Crippen molar-refractivity contribution in [2.45, 2.75) is 50.6 Å². The number of hydrogen-bond acceptors (Lipinski definition) is 3. The van der Waals surface area contributed by atoms with E-state index < -0.39 is 11.5 Å². The summed E-state index contributed by atoms with van der Waals surface area (Å²) in [7, 11) is 0. The van der Waals surface area contributed by atoms with Gasteiger partial charge in [-0.3, -0.25) is 0 Å². The minimum Gasteiger partial charge on any atom is -0.477 e. The summed E-state index contributed by atoms with van der Waals surface area (Å²) in [4.78, 5) is 32.2. The van der Waals surface area contributed by atoms with Gasteiger partial charge in [-0.05, 0) is 39.0 Å². The van der Waals surface area contributed by atoms with E-state index in [1.54, 1.807) is 0 Å². The molecular weight excluding hydrogens is 272 g/mol. The van der Waals surface area contributed by atoms with Gasteiger partial charge in [0.15, 0.2) is 0 Å². The van der Waals surface area contributed by atoms with Crippen molar-refractivity contribution in [3.8, 4) is 0 Å². The van der Waals surface area contributed by atoms with E-state index in [1.807, 2.05) is 4.90 Å². The Morgan fingerprint density at radius 3 is 2.71 bits per heavy atom. The topological polar surface area (TPSA) is 98.3 Å². The number of aromatic amines is 1. The predicted molar refractivity (Wildman–Crippen MR) is 75.0 cm³/mol. The van der Waals surface area contributed by atoms with Gasteiger partial charge >= 0.3 is 12.0 Å². The number of carbonyl (C=O) groups is 2. The first-order chi connectivity index (χ1) is 10.0. The Hall–Kier alpha value is -2.05. The molecule has 3 rings (SSSR count). The van der Waals surface area contributed by atoms with Crippen LogP contribution in [0.4, 0.5) is 4.79 Å². The maximum atomic E-state index is 12.4. The molecule has 21 heavy (non-hydrogen) atoms. The number of rotatable bonds is 3. The predicted octanol–water partition coefficient (Wildman–Crippen LogP) is 1.68. The van der Waals surface area contributed by atoms with Crippen LogP contribution >= 0.6 is 0 Å². The van der Waals surface area contributed by atoms with E-state index in [2.05, 4.69) is 22.2 Å². The summed E-state index contributed by atoms with van der Waals surface area (Å²) in [6, 6.07) is 0.182. The van der Waals surface area contributed by atoms with E-state index in [-0.39, 0.29) is 17.8 Å². The van der Waals surface area contributed by atoms with Crippen LogP contribution in [0.5, 0.6) is 0 Å². The number of carboxylic acids is 1. The number of nitrogens with zero attached hydrogens (tertiary/aromatic N) is 2. The van der Waals surface area contributed by atoms with Gasteiger partial charge in [0, 0.05) is 12.6 Å². The average molecular weight is 292 g/mol. The molecule has 1 aromatic heterocycles. The highest BCUT2D eigenvalue weighted by molar-refractivity contribution is 5.85. The van der Waals surface area contributed by atoms with Gasteiger partial charge in [0.2, 0.25) is 0 Å². The van der Waals surface area contributed by atoms with Crippen LogP contribution in [0.25, 0.3) is 0 Å². The van der Waals surface area contributed by atoms with Crippen LogP contribution in [0.15, 0.2) is 6.20 Å². The number of carboxylic acid groups (broad SMARTS) is 1. The summed E-state index contributed by atoms with van der Waals surface area (Å²) in [6.07, 6.45) is 5.94. The lowest BCUT2D eigenvalue weighted by molar-refractivity contribution is 0.0690. The fraction of sp³-hybridized carbons (Fsp3) is 0.643. The summed E-state index contributed by atoms with van der Waals surface area (Å²) in [5, 5.41) is 12.0. The van der Waals surface area contributed by atoms with Crippen LogP contribution in [0, 0.1) is 0 Å². The summed E-state index contributed by atoms with van der Waals surface area (Å²) in [5.74, 6) is -0.492. The molecule has 1 saturated heterocycles. The molecule has 1 saturated carbocycles. The zero-order chi connectivity index (χ0) is 15.0. The third kappa shape index (κ3) is 2.36. The van der Waals surface area contributed by atoms with Crippen LogP contribution in [0.3, 0.4) is 0 Å². The van der Waals surface area contributed by atoms with E-state index in [0.717, 1.165) is 38.6 Å². The first-order valence-electron chi connectivity index (χ1n) is 7.39. The van der Waals surface area contributed by atoms with Crippen LogP contribution in [0.2, 0.25) is 0 Å². The lowest BCUT2D eigenvalue weighted by Crippen LogP contribution is -2.56. The van der Waals surface area contributed by atoms with Crippen molar-refractivity contribution in [3.05, 3.63) is 17.7 Å². The van der Waals surface area contributed by atoms with Crippen LogP contribution in [0.1, 0.15) is 55.3 Å². The van der Waals surface area contributed by atoms with Gasteiger partial charge in [-0.15, -0.1) is 0 Å². The first kappa shape index (κ1) is 13.9. The van der Waals surface area contributed by atoms with Crippen LogP contribution < -0.4 is 5.32 Å². The van der Waals surface area contributed by atoms with Crippen molar-refractivity contribution < 1.29 is 14.7 Å². The number of H-pyrrole nitrogens is 1. The second-order valence-electron chi connectivity index (χ2n) is 6.00. The summed E-state index contributed by atoms with van der Waals surface area (Å²) < 4.78 is 0. The number of likely N-dealkylation sites (tertiary alicyclic amines) is 1. The van der Waals surface area contributed by atoms with Gasteiger partial charge in [0.25, 0.3) is 0 Å². The number of hydrogen-bond donors (Lipinski definition) is 3. The van der Waals surface area contributed by atoms with Crippen LogP contribution in [-0.4, -0.2) is 44.6 Å². The molecule has 7 heteroatoms. The molecule has 0 spiro atoms. The molecule has 114 valence electrons. The molecule has 1 atom stereocenters. The number of imidazole rings is 1. The quantitative estimate of drug-likeness (QED) is 0.789. The Kier molecular flexibility index (Phi) is 3.35. The normalized spacial score (nSPS) is 23.7. The summed E-state index contributed by atoms with van der Waals surface area (Å²) >= 11 is 0. The fourth-order valence-electron chi connectivity index (χ4n) is 3.14. The maximum absolute atomic E-state index is 12.4. The van der Waals surface area contributed by atoms with E-state index in [9.17, 15) is 9.59 Å². The van der Waals surface area contributed by atoms with Crippen LogP contribution in [-0.2, 0) is 5.54 Å². The maximum Gasteiger partial charge on any atom is 0.353 e. The standard InChI is InChI=1S/C14H20N4O3/c1-9-4-2-7-18(9)13(21)17-14(5-3-6-14)12-15-8-10(16-12)11(19)20/h8-9H,2-7H2,1H3,(H,15,16)(H,17,21)(H,19,20). The molecule has 7 nitrogen and oxygen atoms in total. The molecule has 0 aromatic carbocycles. The third-order valence-corrected chi connectivity index (χ3v) is 4.63. The molecule has 1 aromatic rings. The zero-order valence-corrected chi connectivity index (χ0v) is 12.1. The van der Waals surface area contributed by atoms with Gasteiger partial charge in [0.05, 0.1) is 11.7 Å². The van der Waals surface area contributed by atoms with Gasteiger partial charge in [-0.25, -0.2) is 14.6 Å². The van der Waals surface area contributed by atoms with Crippen molar-refractivity contribution in [1.82, 2.24) is 20.2 Å². The van der Waals surface area contributed by atoms with E-state index in [1.165, 1.54) is 6.20 Å². The molecular formula is C14H20N4O3. The third-order valence-electron chi connectivity index (χ3n) is 4.63. The number of aromatic carboxylic acids is 1. The fourth-order valence-corrected chi connectivity index (χ4v) is 3.14. The lowest BCUT2D eigenvalue weighted by Gasteiger charge is -2.42. The molecule has 0 radical (unpaired) electrons. The Morgan fingerprint density at radius 2 is 2.24 bits per heavy atom. The van der Waals surface area contributed by atoms with Crippen molar-refractivity contribution in [2.24, 2.45) is 0 Å². The molecule has 2 heterocycles. The first-order valence-corrected chi connectivity index (χ1v) is 7.39. The largest absolute Gasteiger partial charge is 0.477 e. The highest BCUT2D eigenvalue weighted by Crippen LogP contribution is 2.40. The molecule has 2 fully saturated rings. The molecule has 1 unspecified atom stereocenters. The number of urea groups is 1. The highest BCUT2D eigenvalue weighted by Gasteiger charge is 2.44. The lowest BCUT2D eigenvalue weighted by atomic mass is 9.76. The second kappa shape index (κ2) is 5.05. The number of carbonyl (C=O) groups excluding carboxylic acids is 1. The number of aromatic nitrogens is 2. The van der Waals surface area contributed by atoms with Crippen molar-refractivity contribution in [1.29, 1.82) is 0 Å². The molecule has 2 aliphatic rings. The van der Waals surface area contributed by atoms with Gasteiger partial charge in [-0.1, -0.05) is 0 Å². The molecule has 1 aliphatic heterocycles. The van der Waals surface area contributed by atoms with Gasteiger partial charge < -0.3 is 20.3 Å². The molecule has 3 N–H and O–H groups in total. The Morgan fingerprint density at radius 1 is 1.48 bits per heavy atom. The Labute approximate surface area is 122 Å². The van der Waals surface area contributed by atoms with Gasteiger partial charge in [0.1, 0.15) is 11.5 Å². The smallest absolute Gasteiger partial charge is 0.353 e. The van der Waals surface area contributed by atoms with E-state index in [0.29, 0.717) is 5.82 Å². The monoisotopic (exact) mass is 292 g/mol.